The van der Waals surface area contributed by atoms with Crippen molar-refractivity contribution in [1.82, 2.24) is 25.1 Å². The lowest BCUT2D eigenvalue weighted by molar-refractivity contribution is 0.599. The predicted octanol–water partition coefficient (Wildman–Crippen LogP) is 14.8. The highest BCUT2D eigenvalue weighted by Gasteiger charge is 2.23. The molecule has 0 radical (unpaired) electrons. The van der Waals surface area contributed by atoms with Crippen molar-refractivity contribution in [3.63, 3.8) is 0 Å². The first-order valence-electron chi connectivity index (χ1n) is 24.0. The maximum Gasteiger partial charge on any atom is 0.150 e. The number of sulfone groups is 1. The molecule has 67 heavy (non-hydrogen) atoms. The lowest BCUT2D eigenvalue weighted by atomic mass is 9.90. The molecule has 0 saturated carbocycles. The summed E-state index contributed by atoms with van der Waals surface area (Å²) in [5.74, 6) is 2.09. The third-order valence-electron chi connectivity index (χ3n) is 14.3. The molecule has 9 heteroatoms. The summed E-state index contributed by atoms with van der Waals surface area (Å²) < 4.78 is 21.3. The van der Waals surface area contributed by atoms with Gasteiger partial charge in [0.1, 0.15) is 5.82 Å². The number of aromatic nitrogens is 5. The predicted molar refractivity (Wildman–Crippen MR) is 290 cm³/mol. The van der Waals surface area contributed by atoms with Crippen molar-refractivity contribution < 1.29 is 8.42 Å². The second-order valence-electron chi connectivity index (χ2n) is 19.6. The number of benzene rings is 1. The molecule has 1 aromatic carbocycles. The Morgan fingerprint density at radius 3 is 1.01 bits per heavy atom. The van der Waals surface area contributed by atoms with Gasteiger partial charge >= 0.3 is 0 Å². The summed E-state index contributed by atoms with van der Waals surface area (Å²) in [5, 5.41) is 7.98. The topological polar surface area (TPSA) is 111 Å². The largest absolute Gasteiger partial charge is 0.263 e. The van der Waals surface area contributed by atoms with E-state index in [1.165, 1.54) is 107 Å². The molecule has 3 aliphatic rings. The zero-order chi connectivity index (χ0) is 52.0. The first-order valence-corrected chi connectivity index (χ1v) is 25.8. The number of pyridine rings is 1. The number of hydrogen-bond donors (Lipinski definition) is 0. The molecular formula is C58H90N6O2S. The van der Waals surface area contributed by atoms with Gasteiger partial charge in [-0.05, 0) is 264 Å². The van der Waals surface area contributed by atoms with Crippen LogP contribution in [0, 0.1) is 137 Å². The molecule has 7 rings (SSSR count). The molecule has 4 aromatic rings. The van der Waals surface area contributed by atoms with Crippen molar-refractivity contribution in [3.8, 4) is 0 Å². The van der Waals surface area contributed by atoms with Crippen LogP contribution >= 0.6 is 0 Å². The van der Waals surface area contributed by atoms with E-state index in [2.05, 4.69) is 168 Å². The Hall–Kier alpha value is -4.63. The Kier molecular flexibility index (Phi) is 24.1. The first-order chi connectivity index (χ1) is 30.7. The number of rotatable bonds is 0. The fraction of sp³-hybridized carbons (Fsp3) is 0.552. The Morgan fingerprint density at radius 1 is 0.433 bits per heavy atom. The van der Waals surface area contributed by atoms with Crippen LogP contribution in [-0.2, 0) is 9.84 Å². The average Bonchev–Trinajstić information content (AvgIpc) is 3.86. The van der Waals surface area contributed by atoms with Crippen LogP contribution in [-0.4, -0.2) is 50.8 Å². The van der Waals surface area contributed by atoms with E-state index in [0.717, 1.165) is 52.8 Å². The number of nitrogens with zero attached hydrogens (tertiary/aromatic N) is 6. The van der Waals surface area contributed by atoms with Gasteiger partial charge in [-0.1, -0.05) is 29.7 Å². The van der Waals surface area contributed by atoms with Crippen molar-refractivity contribution in [2.24, 2.45) is 10.9 Å². The van der Waals surface area contributed by atoms with Gasteiger partial charge in [0.05, 0.1) is 22.9 Å². The summed E-state index contributed by atoms with van der Waals surface area (Å²) in [5.41, 5.74) is 31.4. The van der Waals surface area contributed by atoms with Crippen LogP contribution < -0.4 is 0 Å². The smallest absolute Gasteiger partial charge is 0.150 e. The van der Waals surface area contributed by atoms with Gasteiger partial charge < -0.3 is 0 Å². The van der Waals surface area contributed by atoms with Gasteiger partial charge in [0, 0.05) is 40.6 Å². The molecule has 5 heterocycles. The summed E-state index contributed by atoms with van der Waals surface area (Å²) in [7, 11) is -2.60. The third kappa shape index (κ3) is 18.8. The number of allylic oxidation sites excluding steroid dienone is 6. The van der Waals surface area contributed by atoms with E-state index in [1.54, 1.807) is 0 Å². The zero-order valence-corrected chi connectivity index (χ0v) is 47.9. The fourth-order valence-corrected chi connectivity index (χ4v) is 9.69. The maximum atomic E-state index is 10.6. The van der Waals surface area contributed by atoms with E-state index in [-0.39, 0.29) is 0 Å². The van der Waals surface area contributed by atoms with E-state index in [4.69, 9.17) is 0 Å². The minimum absolute atomic E-state index is 0.403. The SMILES string of the molecule is CC1=CC(C)=C(C)C1.CC1=NC(C)=C(C)C1.CC1CCS(=O)(=O)C1.Cc1c(C)c(C)c(C)c(C)c1C.Cc1nc(C)c(C)c(C)c1C.Cc1nc(C)c(C)c(C)n1.Cc1nnc(C)c(C)c1C. The van der Waals surface area contributed by atoms with E-state index >= 15 is 0 Å². The molecule has 3 aromatic heterocycles. The minimum Gasteiger partial charge on any atom is -0.263 e. The van der Waals surface area contributed by atoms with Gasteiger partial charge in [-0.3, -0.25) is 9.98 Å². The van der Waals surface area contributed by atoms with Crippen molar-refractivity contribution in [3.05, 3.63) is 141 Å². The molecule has 2 aliphatic heterocycles. The molecule has 0 spiro atoms. The summed E-state index contributed by atoms with van der Waals surface area (Å²) in [6, 6.07) is 0. The number of hydrogen-bond acceptors (Lipinski definition) is 8. The van der Waals surface area contributed by atoms with Crippen LogP contribution in [0.5, 0.6) is 0 Å². The monoisotopic (exact) mass is 935 g/mol. The molecule has 8 nitrogen and oxygen atoms in total. The highest BCUT2D eigenvalue weighted by Crippen LogP contribution is 2.25. The third-order valence-corrected chi connectivity index (χ3v) is 16.2. The maximum absolute atomic E-state index is 10.6. The Balaban J connectivity index is 0.000000393. The summed E-state index contributed by atoms with van der Waals surface area (Å²) in [6.07, 6.45) is 5.41. The first kappa shape index (κ1) is 60.4. The molecule has 370 valence electrons. The molecule has 1 unspecified atom stereocenters. The molecule has 0 N–H and O–H groups in total. The standard InChI is InChI=1S/C12H18.C10H15N.2C8H12N2.C8H12.C7H11N.C5H10O2S/c1-7-8(2)10(4)12(6)11(5)9(7)3;1-6-7(2)9(4)11-10(5)8(6)3;1-5-6(2)9-8(4)10-7(5)3;1-5-6(2)8(4)10-9-7(5)3;1-6-4-7(2)8(3)5-6;1-5-4-6(2)8-7(5)3;1-5-2-3-8(6,7)4-5/h1-6H3;1-5H3;2*1-4H3;4H,5H2,1-3H3;4H2,1-3H3;5H,2-4H2,1H3. The van der Waals surface area contributed by atoms with Crippen molar-refractivity contribution >= 4 is 15.5 Å². The number of aliphatic imine (C=N–C) groups is 1. The van der Waals surface area contributed by atoms with E-state index in [0.29, 0.717) is 17.4 Å². The molecule has 1 atom stereocenters. The van der Waals surface area contributed by atoms with Crippen molar-refractivity contribution in [1.29, 1.82) is 0 Å². The quantitative estimate of drug-likeness (QED) is 0.173. The van der Waals surface area contributed by atoms with Gasteiger partial charge in [-0.2, -0.15) is 10.2 Å². The Bertz CT molecular complexity index is 2400. The van der Waals surface area contributed by atoms with Gasteiger partial charge in [0.25, 0.3) is 0 Å². The lowest BCUT2D eigenvalue weighted by Gasteiger charge is -2.15. The molecule has 0 bridgehead atoms. The normalized spacial score (nSPS) is 15.5. The van der Waals surface area contributed by atoms with Crippen molar-refractivity contribution in [2.45, 2.75) is 199 Å². The number of aryl methyl sites for hydroxylation is 7. The van der Waals surface area contributed by atoms with E-state index in [9.17, 15) is 8.42 Å². The van der Waals surface area contributed by atoms with Gasteiger partial charge in [-0.15, -0.1) is 0 Å². The molecule has 1 fully saturated rings. The van der Waals surface area contributed by atoms with Crippen LogP contribution in [0.25, 0.3) is 0 Å². The molecule has 0 amide bonds. The minimum atomic E-state index is -2.60. The molecule has 1 saturated heterocycles. The van der Waals surface area contributed by atoms with E-state index < -0.39 is 9.84 Å². The fourth-order valence-electron chi connectivity index (χ4n) is 7.73. The Morgan fingerprint density at radius 2 is 0.791 bits per heavy atom. The highest BCUT2D eigenvalue weighted by atomic mass is 32.2. The van der Waals surface area contributed by atoms with E-state index in [1.807, 2.05) is 48.5 Å². The van der Waals surface area contributed by atoms with Crippen LogP contribution in [0.3, 0.4) is 0 Å². The summed E-state index contributed by atoms with van der Waals surface area (Å²) >= 11 is 0. The second kappa shape index (κ2) is 26.8. The molecular weight excluding hydrogens is 845 g/mol. The summed E-state index contributed by atoms with van der Waals surface area (Å²) in [4.78, 5) is 17.1. The van der Waals surface area contributed by atoms with Gasteiger partial charge in [0.15, 0.2) is 9.84 Å². The van der Waals surface area contributed by atoms with Crippen LogP contribution in [0.15, 0.2) is 39.1 Å². The zero-order valence-electron chi connectivity index (χ0n) is 47.1. The molecule has 1 aliphatic carbocycles. The highest BCUT2D eigenvalue weighted by molar-refractivity contribution is 7.91. The van der Waals surface area contributed by atoms with Crippen LogP contribution in [0.4, 0.5) is 0 Å². The summed E-state index contributed by atoms with van der Waals surface area (Å²) in [6.45, 7) is 54.7. The second-order valence-corrected chi connectivity index (χ2v) is 21.9. The van der Waals surface area contributed by atoms with Crippen LogP contribution in [0.1, 0.15) is 174 Å². The van der Waals surface area contributed by atoms with Crippen molar-refractivity contribution in [2.75, 3.05) is 11.5 Å². The van der Waals surface area contributed by atoms with Gasteiger partial charge in [-0.25, -0.2) is 18.4 Å². The average molecular weight is 935 g/mol. The van der Waals surface area contributed by atoms with Gasteiger partial charge in [0.2, 0.25) is 0 Å². The lowest BCUT2D eigenvalue weighted by Crippen LogP contribution is -2.01. The van der Waals surface area contributed by atoms with Crippen LogP contribution in [0.2, 0.25) is 0 Å². The Labute approximate surface area is 409 Å².